The molecule has 0 spiro atoms. The summed E-state index contributed by atoms with van der Waals surface area (Å²) >= 11 is 0. The number of esters is 1. The predicted molar refractivity (Wildman–Crippen MR) is 89.1 cm³/mol. The Morgan fingerprint density at radius 1 is 1.04 bits per heavy atom. The number of hydrogen-bond donors (Lipinski definition) is 2. The van der Waals surface area contributed by atoms with Gasteiger partial charge in [-0.2, -0.15) is 13.2 Å². The predicted octanol–water partition coefficient (Wildman–Crippen LogP) is 3.61. The lowest BCUT2D eigenvalue weighted by atomic mass is 9.93. The van der Waals surface area contributed by atoms with Crippen molar-refractivity contribution in [1.29, 1.82) is 0 Å². The monoisotopic (exact) mass is 383 g/mol. The fraction of sp³-hybridized carbons (Fsp3) is 0.222. The Balaban J connectivity index is 2.17. The summed E-state index contributed by atoms with van der Waals surface area (Å²) in [7, 11) is 0. The zero-order chi connectivity index (χ0) is 20.1. The minimum absolute atomic E-state index is 0.105. The van der Waals surface area contributed by atoms with Crippen molar-refractivity contribution in [3.63, 3.8) is 0 Å². The largest absolute Gasteiger partial charge is 0.463 e. The first-order valence-corrected chi connectivity index (χ1v) is 7.79. The zero-order valence-corrected chi connectivity index (χ0v) is 14.1. The van der Waals surface area contributed by atoms with Crippen LogP contribution in [-0.2, 0) is 15.1 Å². The van der Waals surface area contributed by atoms with Gasteiger partial charge < -0.3 is 14.6 Å². The number of anilines is 1. The van der Waals surface area contributed by atoms with Crippen molar-refractivity contribution < 1.29 is 37.3 Å². The number of amides is 1. The maximum absolute atomic E-state index is 13.3. The van der Waals surface area contributed by atoms with Crippen LogP contribution >= 0.6 is 0 Å². The maximum Gasteiger partial charge on any atom is 0.432 e. The molecule has 0 aliphatic heterocycles. The summed E-state index contributed by atoms with van der Waals surface area (Å²) in [6.45, 7) is 0.988. The van der Waals surface area contributed by atoms with Gasteiger partial charge in [0.05, 0.1) is 6.61 Å². The molecular formula is C18H16F3NO5. The standard InChI is InChI=1S/C18H16F3NO5/c1-2-26-15(23)17(25,18(19,20)21)12-8-10-13(11-9-12)22-16(24)27-14-6-4-3-5-7-14/h3-11,25H,2H2,1H3,(H,22,24)/t17-/m0/s1. The van der Waals surface area contributed by atoms with Crippen LogP contribution in [0.25, 0.3) is 0 Å². The second-order valence-corrected chi connectivity index (χ2v) is 5.33. The molecule has 0 aromatic heterocycles. The maximum atomic E-state index is 13.3. The molecule has 0 aliphatic carbocycles. The van der Waals surface area contributed by atoms with Crippen molar-refractivity contribution >= 4 is 17.7 Å². The van der Waals surface area contributed by atoms with E-state index in [0.29, 0.717) is 0 Å². The highest BCUT2D eigenvalue weighted by atomic mass is 19.4. The van der Waals surface area contributed by atoms with Crippen molar-refractivity contribution in [3.8, 4) is 5.75 Å². The average Bonchev–Trinajstić information content (AvgIpc) is 2.61. The number of hydrogen-bond acceptors (Lipinski definition) is 5. The molecule has 0 saturated carbocycles. The quantitative estimate of drug-likeness (QED) is 0.771. The Morgan fingerprint density at radius 2 is 1.63 bits per heavy atom. The van der Waals surface area contributed by atoms with E-state index in [-0.39, 0.29) is 18.0 Å². The van der Waals surface area contributed by atoms with Gasteiger partial charge in [0.1, 0.15) is 5.75 Å². The number of rotatable bonds is 5. The smallest absolute Gasteiger partial charge is 0.432 e. The third kappa shape index (κ3) is 4.56. The Morgan fingerprint density at radius 3 is 2.15 bits per heavy atom. The third-order valence-electron chi connectivity index (χ3n) is 3.48. The highest BCUT2D eigenvalue weighted by molar-refractivity contribution is 5.87. The molecule has 9 heteroatoms. The number of carbonyl (C=O) groups excluding carboxylic acids is 2. The molecule has 0 aliphatic rings. The van der Waals surface area contributed by atoms with Crippen LogP contribution in [0.3, 0.4) is 0 Å². The van der Waals surface area contributed by atoms with Crippen molar-refractivity contribution in [1.82, 2.24) is 0 Å². The third-order valence-corrected chi connectivity index (χ3v) is 3.48. The molecule has 1 atom stereocenters. The van der Waals surface area contributed by atoms with Gasteiger partial charge in [-0.25, -0.2) is 9.59 Å². The average molecular weight is 383 g/mol. The summed E-state index contributed by atoms with van der Waals surface area (Å²) < 4.78 is 49.2. The normalized spacial score (nSPS) is 13.4. The van der Waals surface area contributed by atoms with Crippen molar-refractivity contribution in [2.75, 3.05) is 11.9 Å². The number of aliphatic hydroxyl groups is 1. The van der Waals surface area contributed by atoms with E-state index in [1.165, 1.54) is 6.92 Å². The van der Waals surface area contributed by atoms with Crippen LogP contribution in [0.5, 0.6) is 5.75 Å². The van der Waals surface area contributed by atoms with Gasteiger partial charge in [-0.15, -0.1) is 0 Å². The van der Waals surface area contributed by atoms with Gasteiger partial charge in [-0.3, -0.25) is 5.32 Å². The van der Waals surface area contributed by atoms with E-state index in [1.54, 1.807) is 30.3 Å². The molecule has 144 valence electrons. The summed E-state index contributed by atoms with van der Waals surface area (Å²) in [6.07, 6.45) is -6.15. The highest BCUT2D eigenvalue weighted by Gasteiger charge is 2.62. The van der Waals surface area contributed by atoms with Gasteiger partial charge in [-0.05, 0) is 31.2 Å². The molecule has 0 bridgehead atoms. The number of ether oxygens (including phenoxy) is 2. The van der Waals surface area contributed by atoms with Crippen LogP contribution in [-0.4, -0.2) is 30.0 Å². The molecule has 0 fully saturated rings. The van der Waals surface area contributed by atoms with E-state index in [4.69, 9.17) is 4.74 Å². The van der Waals surface area contributed by atoms with Crippen LogP contribution in [0.1, 0.15) is 12.5 Å². The molecular weight excluding hydrogens is 367 g/mol. The number of para-hydroxylation sites is 1. The molecule has 6 nitrogen and oxygen atoms in total. The number of nitrogens with one attached hydrogen (secondary N) is 1. The lowest BCUT2D eigenvalue weighted by molar-refractivity contribution is -0.267. The lowest BCUT2D eigenvalue weighted by Crippen LogP contribution is -2.50. The van der Waals surface area contributed by atoms with E-state index in [0.717, 1.165) is 24.3 Å². The first-order chi connectivity index (χ1) is 12.7. The summed E-state index contributed by atoms with van der Waals surface area (Å²) in [5.41, 5.74) is -4.45. The van der Waals surface area contributed by atoms with Crippen LogP contribution in [0.4, 0.5) is 23.7 Å². The minimum Gasteiger partial charge on any atom is -0.463 e. The molecule has 2 aromatic carbocycles. The fourth-order valence-corrected chi connectivity index (χ4v) is 2.17. The highest BCUT2D eigenvalue weighted by Crippen LogP contribution is 2.40. The Bertz CT molecular complexity index is 793. The van der Waals surface area contributed by atoms with Gasteiger partial charge in [0.25, 0.3) is 5.60 Å². The SMILES string of the molecule is CCOC(=O)[C@@](O)(c1ccc(NC(=O)Oc2ccccc2)cc1)C(F)(F)F. The number of alkyl halides is 3. The molecule has 0 saturated heterocycles. The molecule has 2 N–H and O–H groups in total. The first-order valence-electron chi connectivity index (χ1n) is 7.79. The van der Waals surface area contributed by atoms with E-state index >= 15 is 0 Å². The van der Waals surface area contributed by atoms with Crippen LogP contribution in [0.15, 0.2) is 54.6 Å². The second-order valence-electron chi connectivity index (χ2n) is 5.33. The number of carbonyl (C=O) groups is 2. The lowest BCUT2D eigenvalue weighted by Gasteiger charge is -2.28. The minimum atomic E-state index is -5.29. The van der Waals surface area contributed by atoms with Crippen LogP contribution in [0, 0.1) is 0 Å². The van der Waals surface area contributed by atoms with E-state index in [2.05, 4.69) is 10.1 Å². The van der Waals surface area contributed by atoms with Crippen molar-refractivity contribution in [2.24, 2.45) is 0 Å². The van der Waals surface area contributed by atoms with Gasteiger partial charge in [0, 0.05) is 11.3 Å². The molecule has 2 rings (SSSR count). The summed E-state index contributed by atoms with van der Waals surface area (Å²) in [5, 5.41) is 12.3. The van der Waals surface area contributed by atoms with Crippen molar-refractivity contribution in [2.45, 2.75) is 18.7 Å². The molecule has 27 heavy (non-hydrogen) atoms. The van der Waals surface area contributed by atoms with Gasteiger partial charge in [0.15, 0.2) is 0 Å². The summed E-state index contributed by atoms with van der Waals surface area (Å²) in [5.74, 6) is -1.55. The zero-order valence-electron chi connectivity index (χ0n) is 14.1. The van der Waals surface area contributed by atoms with Crippen LogP contribution in [0.2, 0.25) is 0 Å². The van der Waals surface area contributed by atoms with E-state index < -0.39 is 29.4 Å². The molecule has 1 amide bonds. The second kappa shape index (κ2) is 8.09. The van der Waals surface area contributed by atoms with Crippen LogP contribution < -0.4 is 10.1 Å². The molecule has 0 radical (unpaired) electrons. The Labute approximate surface area is 152 Å². The van der Waals surface area contributed by atoms with Gasteiger partial charge >= 0.3 is 18.2 Å². The van der Waals surface area contributed by atoms with Gasteiger partial charge in [0.2, 0.25) is 0 Å². The molecule has 2 aromatic rings. The Hall–Kier alpha value is -3.07. The topological polar surface area (TPSA) is 84.9 Å². The number of benzene rings is 2. The summed E-state index contributed by atoms with van der Waals surface area (Å²) in [4.78, 5) is 23.5. The van der Waals surface area contributed by atoms with Crippen molar-refractivity contribution in [3.05, 3.63) is 60.2 Å². The van der Waals surface area contributed by atoms with E-state index in [1.807, 2.05) is 0 Å². The first kappa shape index (κ1) is 20.2. The Kier molecular flexibility index (Phi) is 6.06. The number of halogens is 3. The van der Waals surface area contributed by atoms with Gasteiger partial charge in [-0.1, -0.05) is 30.3 Å². The molecule has 0 heterocycles. The fourth-order valence-electron chi connectivity index (χ4n) is 2.17. The van der Waals surface area contributed by atoms with E-state index in [9.17, 15) is 27.9 Å². The molecule has 0 unspecified atom stereocenters. The summed E-state index contributed by atoms with van der Waals surface area (Å²) in [6, 6.07) is 12.1.